The number of carboxylic acid groups (broad SMARTS) is 1. The number of amides is 2. The number of carbonyl (C=O) groups is 3. The van der Waals surface area contributed by atoms with Crippen molar-refractivity contribution in [3.63, 3.8) is 0 Å². The van der Waals surface area contributed by atoms with E-state index in [1.54, 1.807) is 60.9 Å². The predicted molar refractivity (Wildman–Crippen MR) is 221 cm³/mol. The highest BCUT2D eigenvalue weighted by molar-refractivity contribution is 6.42. The number of halogens is 2. The summed E-state index contributed by atoms with van der Waals surface area (Å²) in [6.45, 7) is 0.921. The Hall–Kier alpha value is -6.65. The van der Waals surface area contributed by atoms with E-state index >= 15 is 0 Å². The van der Waals surface area contributed by atoms with Gasteiger partial charge < -0.3 is 30.2 Å². The first-order valence-corrected chi connectivity index (χ1v) is 19.5. The summed E-state index contributed by atoms with van der Waals surface area (Å²) in [6.07, 6.45) is 2.76. The fraction of sp³-hybridized carbons (Fsp3) is 0.178. The molecule has 0 fully saturated rings. The molecule has 0 aliphatic carbocycles. The van der Waals surface area contributed by atoms with Gasteiger partial charge in [-0.15, -0.1) is 0 Å². The zero-order chi connectivity index (χ0) is 41.0. The number of H-pyrrole nitrogens is 1. The summed E-state index contributed by atoms with van der Waals surface area (Å²) in [6, 6.07) is 31.0. The summed E-state index contributed by atoms with van der Waals surface area (Å²) in [7, 11) is 0. The van der Waals surface area contributed by atoms with Gasteiger partial charge in [0.15, 0.2) is 0 Å². The molecule has 2 amide bonds. The number of nitriles is 1. The third-order valence-corrected chi connectivity index (χ3v) is 11.1. The van der Waals surface area contributed by atoms with Crippen LogP contribution >= 0.6 is 23.2 Å². The molecule has 0 saturated carbocycles. The van der Waals surface area contributed by atoms with Crippen LogP contribution in [0.2, 0.25) is 10.0 Å². The van der Waals surface area contributed by atoms with Crippen LogP contribution in [0.4, 0.5) is 5.69 Å². The van der Waals surface area contributed by atoms with Crippen LogP contribution in [0.15, 0.2) is 116 Å². The van der Waals surface area contributed by atoms with Crippen LogP contribution in [0.25, 0.3) is 11.1 Å². The number of hydrogen-bond acceptors (Lipinski definition) is 8. The second-order valence-corrected chi connectivity index (χ2v) is 15.2. The van der Waals surface area contributed by atoms with E-state index in [1.807, 2.05) is 59.5 Å². The Morgan fingerprint density at radius 3 is 2.36 bits per heavy atom. The molecule has 5 aromatic carbocycles. The highest BCUT2D eigenvalue weighted by atomic mass is 35.5. The number of benzene rings is 5. The molecule has 6 aromatic rings. The summed E-state index contributed by atoms with van der Waals surface area (Å²) in [5, 5.41) is 26.0. The number of nitrogens with one attached hydrogen (secondary N) is 3. The second kappa shape index (κ2) is 17.1. The number of ether oxygens (including phenoxy) is 2. The molecule has 2 aliphatic rings. The van der Waals surface area contributed by atoms with Gasteiger partial charge in [-0.3, -0.25) is 14.5 Å². The second-order valence-electron chi connectivity index (χ2n) is 14.4. The Bertz CT molecular complexity index is 2560. The summed E-state index contributed by atoms with van der Waals surface area (Å²) >= 11 is 12.2. The minimum atomic E-state index is -1.19. The first-order chi connectivity index (χ1) is 28.6. The monoisotopic (exact) mass is 826 g/mol. The van der Waals surface area contributed by atoms with Gasteiger partial charge in [-0.05, 0) is 88.3 Å². The van der Waals surface area contributed by atoms with E-state index < -0.39 is 30.1 Å². The summed E-state index contributed by atoms with van der Waals surface area (Å²) in [4.78, 5) is 49.4. The molecule has 14 heteroatoms. The van der Waals surface area contributed by atoms with Crippen molar-refractivity contribution >= 4 is 46.7 Å². The maximum absolute atomic E-state index is 14.1. The molecule has 3 unspecified atom stereocenters. The maximum atomic E-state index is 14.1. The van der Waals surface area contributed by atoms with E-state index in [4.69, 9.17) is 37.9 Å². The van der Waals surface area contributed by atoms with Crippen molar-refractivity contribution in [2.24, 2.45) is 0 Å². The molecule has 3 heterocycles. The van der Waals surface area contributed by atoms with Crippen molar-refractivity contribution < 1.29 is 29.0 Å². The lowest BCUT2D eigenvalue weighted by molar-refractivity contribution is -0.143. The first-order valence-electron chi connectivity index (χ1n) is 18.7. The highest BCUT2D eigenvalue weighted by Crippen LogP contribution is 2.40. The van der Waals surface area contributed by atoms with Gasteiger partial charge in [0.25, 0.3) is 5.91 Å². The lowest BCUT2D eigenvalue weighted by Gasteiger charge is -2.37. The fourth-order valence-electron chi connectivity index (χ4n) is 7.27. The van der Waals surface area contributed by atoms with Gasteiger partial charge in [0.2, 0.25) is 12.0 Å². The molecule has 4 N–H and O–H groups in total. The highest BCUT2D eigenvalue weighted by Gasteiger charge is 2.37. The molecule has 12 nitrogen and oxygen atoms in total. The molecule has 0 bridgehead atoms. The number of anilines is 1. The maximum Gasteiger partial charge on any atom is 0.326 e. The lowest BCUT2D eigenvalue weighted by Crippen LogP contribution is -2.54. The zero-order valence-electron chi connectivity index (χ0n) is 31.3. The van der Waals surface area contributed by atoms with E-state index in [2.05, 4.69) is 26.7 Å². The fourth-order valence-corrected chi connectivity index (χ4v) is 7.59. The van der Waals surface area contributed by atoms with Crippen molar-refractivity contribution in [2.45, 2.75) is 50.7 Å². The predicted octanol–water partition coefficient (Wildman–Crippen LogP) is 7.65. The molecule has 0 spiro atoms. The molecule has 59 heavy (non-hydrogen) atoms. The number of aliphatic carboxylic acids is 1. The number of imidazole rings is 1. The Morgan fingerprint density at radius 1 is 0.949 bits per heavy atom. The Balaban J connectivity index is 0.962. The number of carbonyl (C=O) groups excluding carboxylic acids is 2. The Morgan fingerprint density at radius 2 is 1.68 bits per heavy atom. The van der Waals surface area contributed by atoms with Gasteiger partial charge >= 0.3 is 5.97 Å². The number of rotatable bonds is 12. The third kappa shape index (κ3) is 8.93. The molecule has 0 saturated heterocycles. The van der Waals surface area contributed by atoms with Crippen molar-refractivity contribution in [1.29, 1.82) is 5.26 Å². The Kier molecular flexibility index (Phi) is 11.3. The molecular weight excluding hydrogens is 791 g/mol. The standard InChI is InChI=1S/C45H36Cl2N6O6/c46-35-14-5-28(17-36(35)47)25-58-34-12-10-31(11-13-34)42-44(55)51-37-19-32-20-39(53(24-41-49-15-16-50-41)23-33(32)21-40(37)59-42)43(54)52-38(45(56)57)18-26-1-6-29(7-2-26)30-8-3-27(22-48)4-9-30/h1-17,19,21,38-39,42H,18,20,23-25H2,(H,49,50)(H,51,55)(H,52,54)(H,56,57). The quantitative estimate of drug-likeness (QED) is 0.0969. The van der Waals surface area contributed by atoms with Crippen molar-refractivity contribution in [1.82, 2.24) is 20.2 Å². The van der Waals surface area contributed by atoms with Gasteiger partial charge in [-0.1, -0.05) is 77.8 Å². The number of hydrogen-bond donors (Lipinski definition) is 4. The average molecular weight is 828 g/mol. The molecule has 0 radical (unpaired) electrons. The van der Waals surface area contributed by atoms with Crippen LogP contribution in [0, 0.1) is 11.3 Å². The van der Waals surface area contributed by atoms with Gasteiger partial charge in [-0.2, -0.15) is 5.26 Å². The SMILES string of the molecule is N#Cc1ccc(-c2ccc(CC(NC(=O)C3Cc4cc5c(cc4CN3Cc3ncc[nH]3)OC(c3ccc(OCc4ccc(Cl)c(Cl)c4)cc3)C(=O)N5)C(=O)O)cc2)cc1. The van der Waals surface area contributed by atoms with Crippen LogP contribution < -0.4 is 20.1 Å². The van der Waals surface area contributed by atoms with E-state index in [0.29, 0.717) is 57.3 Å². The van der Waals surface area contributed by atoms with E-state index in [9.17, 15) is 19.5 Å². The molecule has 1 aromatic heterocycles. The molecule has 3 atom stereocenters. The van der Waals surface area contributed by atoms with Gasteiger partial charge in [0.1, 0.15) is 30.0 Å². The number of nitrogens with zero attached hydrogens (tertiary/aromatic N) is 3. The van der Waals surface area contributed by atoms with E-state index in [0.717, 1.165) is 33.4 Å². The number of fused-ring (bicyclic) bond motifs is 2. The summed E-state index contributed by atoms with van der Waals surface area (Å²) in [5.74, 6) is -0.200. The molecule has 296 valence electrons. The van der Waals surface area contributed by atoms with E-state index in [-0.39, 0.29) is 25.4 Å². The topological polar surface area (TPSA) is 170 Å². The third-order valence-electron chi connectivity index (χ3n) is 10.4. The largest absolute Gasteiger partial charge is 0.489 e. The Labute approximate surface area is 349 Å². The molecular formula is C45H36Cl2N6O6. The van der Waals surface area contributed by atoms with Gasteiger partial charge in [-0.25, -0.2) is 9.78 Å². The number of carboxylic acids is 1. The van der Waals surface area contributed by atoms with Gasteiger partial charge in [0.05, 0.1) is 40.0 Å². The van der Waals surface area contributed by atoms with Crippen molar-refractivity contribution in [3.05, 3.63) is 165 Å². The normalized spacial score (nSPS) is 16.4. The minimum Gasteiger partial charge on any atom is -0.489 e. The van der Waals surface area contributed by atoms with E-state index in [1.165, 1.54) is 0 Å². The number of aromatic amines is 1. The van der Waals surface area contributed by atoms with Crippen LogP contribution in [-0.2, 0) is 46.9 Å². The lowest BCUT2D eigenvalue weighted by atomic mass is 9.91. The van der Waals surface area contributed by atoms with Crippen LogP contribution in [0.1, 0.15) is 45.3 Å². The molecule has 2 aliphatic heterocycles. The van der Waals surface area contributed by atoms with Crippen LogP contribution in [0.3, 0.4) is 0 Å². The van der Waals surface area contributed by atoms with Crippen LogP contribution in [-0.4, -0.2) is 49.8 Å². The summed E-state index contributed by atoms with van der Waals surface area (Å²) in [5.41, 5.74) is 6.85. The first kappa shape index (κ1) is 39.2. The van der Waals surface area contributed by atoms with Crippen molar-refractivity contribution in [3.8, 4) is 28.7 Å². The summed E-state index contributed by atoms with van der Waals surface area (Å²) < 4.78 is 12.2. The van der Waals surface area contributed by atoms with Crippen LogP contribution in [0.5, 0.6) is 11.5 Å². The van der Waals surface area contributed by atoms with Crippen molar-refractivity contribution in [2.75, 3.05) is 5.32 Å². The molecule has 8 rings (SSSR count). The van der Waals surface area contributed by atoms with Gasteiger partial charge in [0, 0.05) is 30.9 Å². The smallest absolute Gasteiger partial charge is 0.326 e. The minimum absolute atomic E-state index is 0.0722. The average Bonchev–Trinajstić information content (AvgIpc) is 3.76. The zero-order valence-corrected chi connectivity index (χ0v) is 32.8. The number of aromatic nitrogens is 2.